The van der Waals surface area contributed by atoms with Crippen molar-refractivity contribution in [2.45, 2.75) is 31.4 Å². The number of halogens is 2. The molecule has 2 aliphatic heterocycles. The summed E-state index contributed by atoms with van der Waals surface area (Å²) in [5, 5.41) is 3.61. The number of nitrogens with one attached hydrogen (secondary N) is 1. The fourth-order valence-electron chi connectivity index (χ4n) is 4.44. The number of anilines is 1. The van der Waals surface area contributed by atoms with Gasteiger partial charge in [-0.15, -0.1) is 0 Å². The van der Waals surface area contributed by atoms with E-state index in [9.17, 15) is 18.0 Å². The summed E-state index contributed by atoms with van der Waals surface area (Å²) < 4.78 is 27.5. The van der Waals surface area contributed by atoms with E-state index in [1.54, 1.807) is 41.3 Å². The van der Waals surface area contributed by atoms with Crippen molar-refractivity contribution in [1.29, 1.82) is 0 Å². The first-order chi connectivity index (χ1) is 16.2. The quantitative estimate of drug-likeness (QED) is 0.607. The van der Waals surface area contributed by atoms with Gasteiger partial charge in [0.2, 0.25) is 15.9 Å². The average Bonchev–Trinajstić information content (AvgIpc) is 3.36. The highest BCUT2D eigenvalue weighted by molar-refractivity contribution is 7.88. The smallest absolute Gasteiger partial charge is 0.255 e. The van der Waals surface area contributed by atoms with E-state index in [2.05, 4.69) is 5.32 Å². The van der Waals surface area contributed by atoms with Gasteiger partial charge in [-0.2, -0.15) is 0 Å². The minimum atomic E-state index is -3.68. The van der Waals surface area contributed by atoms with Crippen LogP contribution in [0.1, 0.15) is 41.6 Å². The Kier molecular flexibility index (Phi) is 7.82. The van der Waals surface area contributed by atoms with Crippen LogP contribution in [0.15, 0.2) is 42.5 Å². The Labute approximate surface area is 210 Å². The fraction of sp³-hybridized carbons (Fsp3) is 0.417. The molecule has 2 aromatic carbocycles. The van der Waals surface area contributed by atoms with Gasteiger partial charge >= 0.3 is 0 Å². The van der Waals surface area contributed by atoms with Crippen molar-refractivity contribution in [2.24, 2.45) is 5.92 Å². The molecule has 0 radical (unpaired) electrons. The molecule has 0 spiro atoms. The lowest BCUT2D eigenvalue weighted by Crippen LogP contribution is -2.44. The molecular formula is C24H27Cl2N3O4S. The van der Waals surface area contributed by atoms with Crippen molar-refractivity contribution >= 4 is 50.7 Å². The predicted octanol–water partition coefficient (Wildman–Crippen LogP) is 4.41. The molecule has 0 aliphatic carbocycles. The fourth-order valence-corrected chi connectivity index (χ4v) is 6.64. The van der Waals surface area contributed by atoms with Gasteiger partial charge in [0.25, 0.3) is 5.91 Å². The number of para-hydroxylation sites is 1. The van der Waals surface area contributed by atoms with Gasteiger partial charge in [-0.25, -0.2) is 12.7 Å². The molecule has 0 saturated carbocycles. The van der Waals surface area contributed by atoms with Crippen LogP contribution in [-0.2, 0) is 20.6 Å². The number of benzene rings is 2. The Balaban J connectivity index is 1.44. The van der Waals surface area contributed by atoms with Crippen LogP contribution in [0, 0.1) is 5.92 Å². The molecule has 1 N–H and O–H groups in total. The van der Waals surface area contributed by atoms with E-state index in [0.717, 1.165) is 12.8 Å². The molecule has 34 heavy (non-hydrogen) atoms. The van der Waals surface area contributed by atoms with Gasteiger partial charge in [-0.3, -0.25) is 9.59 Å². The molecular weight excluding hydrogens is 497 g/mol. The number of carbonyl (C=O) groups is 2. The van der Waals surface area contributed by atoms with Crippen molar-refractivity contribution in [3.8, 4) is 0 Å². The van der Waals surface area contributed by atoms with Crippen LogP contribution in [0.3, 0.4) is 0 Å². The molecule has 7 nitrogen and oxygen atoms in total. The van der Waals surface area contributed by atoms with Gasteiger partial charge in [0, 0.05) is 36.2 Å². The standard InChI is InChI=1S/C24H27Cl2N3O4S/c25-19-10-9-18(21(26)14-19)16-34(32,33)29-13-5-6-17(15-29)23(30)27-22-8-2-1-7-20(22)24(31)28-11-3-4-12-28/h1-2,7-10,14,17H,3-6,11-13,15-16H2,(H,27,30)/t17-/m0/s1. The number of sulfonamides is 1. The van der Waals surface area contributed by atoms with Crippen LogP contribution in [0.25, 0.3) is 0 Å². The third-order valence-electron chi connectivity index (χ3n) is 6.31. The van der Waals surface area contributed by atoms with Crippen molar-refractivity contribution in [1.82, 2.24) is 9.21 Å². The van der Waals surface area contributed by atoms with Crippen molar-refractivity contribution in [3.05, 3.63) is 63.6 Å². The molecule has 182 valence electrons. The zero-order valence-corrected chi connectivity index (χ0v) is 21.0. The van der Waals surface area contributed by atoms with Crippen LogP contribution in [0.5, 0.6) is 0 Å². The second-order valence-electron chi connectivity index (χ2n) is 8.72. The Morgan fingerprint density at radius 2 is 1.74 bits per heavy atom. The van der Waals surface area contributed by atoms with E-state index in [0.29, 0.717) is 59.3 Å². The summed E-state index contributed by atoms with van der Waals surface area (Å²) in [5.74, 6) is -1.16. The minimum Gasteiger partial charge on any atom is -0.339 e. The van der Waals surface area contributed by atoms with E-state index in [-0.39, 0.29) is 24.1 Å². The van der Waals surface area contributed by atoms with E-state index in [4.69, 9.17) is 23.2 Å². The zero-order valence-electron chi connectivity index (χ0n) is 18.7. The molecule has 2 fully saturated rings. The number of nitrogens with zero attached hydrogens (tertiary/aromatic N) is 2. The van der Waals surface area contributed by atoms with E-state index >= 15 is 0 Å². The largest absolute Gasteiger partial charge is 0.339 e. The van der Waals surface area contributed by atoms with Gasteiger partial charge in [0.05, 0.1) is 22.9 Å². The number of hydrogen-bond donors (Lipinski definition) is 1. The predicted molar refractivity (Wildman–Crippen MR) is 134 cm³/mol. The summed E-state index contributed by atoms with van der Waals surface area (Å²) in [7, 11) is -3.68. The van der Waals surface area contributed by atoms with E-state index in [1.807, 2.05) is 0 Å². The molecule has 2 saturated heterocycles. The topological polar surface area (TPSA) is 86.8 Å². The monoisotopic (exact) mass is 523 g/mol. The van der Waals surface area contributed by atoms with Crippen LogP contribution in [0.2, 0.25) is 10.0 Å². The van der Waals surface area contributed by atoms with Gasteiger partial charge < -0.3 is 10.2 Å². The van der Waals surface area contributed by atoms with Crippen molar-refractivity contribution < 1.29 is 18.0 Å². The third kappa shape index (κ3) is 5.74. The second-order valence-corrected chi connectivity index (χ2v) is 11.5. The highest BCUT2D eigenvalue weighted by Crippen LogP contribution is 2.27. The molecule has 0 aromatic heterocycles. The third-order valence-corrected chi connectivity index (χ3v) is 8.69. The van der Waals surface area contributed by atoms with Crippen LogP contribution >= 0.6 is 23.2 Å². The molecule has 2 aromatic rings. The molecule has 2 aliphatic rings. The zero-order chi connectivity index (χ0) is 24.3. The first kappa shape index (κ1) is 25.0. The summed E-state index contributed by atoms with van der Waals surface area (Å²) in [5.41, 5.74) is 1.37. The van der Waals surface area contributed by atoms with E-state index < -0.39 is 15.9 Å². The SMILES string of the molecule is O=C(Nc1ccccc1C(=O)N1CCCC1)[C@H]1CCCN(S(=O)(=O)Cc2ccc(Cl)cc2Cl)C1. The maximum Gasteiger partial charge on any atom is 0.255 e. The second kappa shape index (κ2) is 10.6. The van der Waals surface area contributed by atoms with Gasteiger partial charge in [0.1, 0.15) is 0 Å². The number of piperidine rings is 1. The van der Waals surface area contributed by atoms with Crippen molar-refractivity contribution in [3.63, 3.8) is 0 Å². The van der Waals surface area contributed by atoms with Crippen LogP contribution in [0.4, 0.5) is 5.69 Å². The normalized spacial score (nSPS) is 19.2. The molecule has 1 atom stereocenters. The Hall–Kier alpha value is -2.13. The van der Waals surface area contributed by atoms with Crippen molar-refractivity contribution in [2.75, 3.05) is 31.5 Å². The van der Waals surface area contributed by atoms with E-state index in [1.165, 1.54) is 10.4 Å². The Morgan fingerprint density at radius 3 is 2.47 bits per heavy atom. The molecule has 4 rings (SSSR count). The summed E-state index contributed by atoms with van der Waals surface area (Å²) in [6.07, 6.45) is 3.10. The first-order valence-corrected chi connectivity index (χ1v) is 13.7. The van der Waals surface area contributed by atoms with Crippen LogP contribution < -0.4 is 5.32 Å². The van der Waals surface area contributed by atoms with Gasteiger partial charge in [-0.1, -0.05) is 41.4 Å². The first-order valence-electron chi connectivity index (χ1n) is 11.4. The Morgan fingerprint density at radius 1 is 1.00 bits per heavy atom. The van der Waals surface area contributed by atoms with Crippen LogP contribution in [-0.4, -0.2) is 55.6 Å². The summed E-state index contributed by atoms with van der Waals surface area (Å²) in [6.45, 7) is 1.87. The summed E-state index contributed by atoms with van der Waals surface area (Å²) in [6, 6.07) is 11.7. The minimum absolute atomic E-state index is 0.0849. The lowest BCUT2D eigenvalue weighted by molar-refractivity contribution is -0.120. The molecule has 10 heteroatoms. The number of amides is 2. The molecule has 0 bridgehead atoms. The average molecular weight is 524 g/mol. The number of rotatable bonds is 6. The summed E-state index contributed by atoms with van der Waals surface area (Å²) in [4.78, 5) is 27.8. The maximum atomic E-state index is 13.1. The molecule has 2 amide bonds. The molecule has 2 heterocycles. The lowest BCUT2D eigenvalue weighted by Gasteiger charge is -2.31. The number of likely N-dealkylation sites (tertiary alicyclic amines) is 1. The number of hydrogen-bond acceptors (Lipinski definition) is 4. The van der Waals surface area contributed by atoms with Gasteiger partial charge in [-0.05, 0) is 55.5 Å². The highest BCUT2D eigenvalue weighted by Gasteiger charge is 2.33. The van der Waals surface area contributed by atoms with Gasteiger partial charge in [0.15, 0.2) is 0 Å². The lowest BCUT2D eigenvalue weighted by atomic mass is 9.98. The maximum absolute atomic E-state index is 13.1. The summed E-state index contributed by atoms with van der Waals surface area (Å²) >= 11 is 12.1. The Bertz CT molecular complexity index is 1180. The number of carbonyl (C=O) groups excluding carboxylic acids is 2. The highest BCUT2D eigenvalue weighted by atomic mass is 35.5. The molecule has 0 unspecified atom stereocenters.